The van der Waals surface area contributed by atoms with E-state index in [2.05, 4.69) is 4.98 Å². The maximum absolute atomic E-state index is 7.35. The number of pyridine rings is 1. The molecule has 0 fully saturated rings. The van der Waals surface area contributed by atoms with Gasteiger partial charge in [0.25, 0.3) is 0 Å². The van der Waals surface area contributed by atoms with Crippen molar-refractivity contribution < 1.29 is 4.74 Å². The van der Waals surface area contributed by atoms with Crippen LogP contribution < -0.4 is 10.5 Å². The van der Waals surface area contributed by atoms with E-state index in [9.17, 15) is 0 Å². The Labute approximate surface area is 110 Å². The van der Waals surface area contributed by atoms with Crippen LogP contribution in [0.5, 0.6) is 11.6 Å². The molecule has 1 aromatic heterocycles. The minimum Gasteiger partial charge on any atom is -0.439 e. The van der Waals surface area contributed by atoms with Crippen molar-refractivity contribution in [3.05, 3.63) is 52.7 Å². The lowest BCUT2D eigenvalue weighted by molar-refractivity contribution is 0.462. The summed E-state index contributed by atoms with van der Waals surface area (Å²) in [6.07, 6.45) is 1.55. The molecule has 92 valence electrons. The van der Waals surface area contributed by atoms with E-state index in [1.54, 1.807) is 30.5 Å². The van der Waals surface area contributed by atoms with Crippen molar-refractivity contribution >= 4 is 17.4 Å². The van der Waals surface area contributed by atoms with Crippen molar-refractivity contribution in [1.82, 2.24) is 4.98 Å². The highest BCUT2D eigenvalue weighted by molar-refractivity contribution is 6.31. The Kier molecular flexibility index (Phi) is 3.48. The minimum atomic E-state index is -0.0189. The Hall–Kier alpha value is -2.07. The zero-order valence-electron chi connectivity index (χ0n) is 9.77. The first-order valence-electron chi connectivity index (χ1n) is 5.31. The Morgan fingerprint density at radius 2 is 2.11 bits per heavy atom. The van der Waals surface area contributed by atoms with Gasteiger partial charge in [0.15, 0.2) is 0 Å². The van der Waals surface area contributed by atoms with Gasteiger partial charge in [-0.3, -0.25) is 5.41 Å². The maximum atomic E-state index is 7.35. The third-order valence-corrected chi connectivity index (χ3v) is 2.82. The predicted molar refractivity (Wildman–Crippen MR) is 71.5 cm³/mol. The van der Waals surface area contributed by atoms with E-state index < -0.39 is 0 Å². The zero-order valence-corrected chi connectivity index (χ0v) is 10.5. The highest BCUT2D eigenvalue weighted by atomic mass is 35.5. The van der Waals surface area contributed by atoms with E-state index in [0.29, 0.717) is 22.2 Å². The first kappa shape index (κ1) is 12.4. The summed E-state index contributed by atoms with van der Waals surface area (Å²) >= 11 is 5.93. The summed E-state index contributed by atoms with van der Waals surface area (Å²) in [5, 5.41) is 8.04. The lowest BCUT2D eigenvalue weighted by Crippen LogP contribution is -2.11. The molecule has 0 saturated heterocycles. The number of aryl methyl sites for hydroxylation is 1. The molecule has 0 bridgehead atoms. The van der Waals surface area contributed by atoms with Crippen LogP contribution in [0, 0.1) is 12.3 Å². The number of hydrogen-bond acceptors (Lipinski definition) is 3. The number of nitrogens with one attached hydrogen (secondary N) is 1. The first-order chi connectivity index (χ1) is 8.56. The summed E-state index contributed by atoms with van der Waals surface area (Å²) in [4.78, 5) is 4.06. The number of rotatable bonds is 3. The fraction of sp³-hybridized carbons (Fsp3) is 0.0769. The summed E-state index contributed by atoms with van der Waals surface area (Å²) in [5.74, 6) is 1.02. The summed E-state index contributed by atoms with van der Waals surface area (Å²) in [6.45, 7) is 1.90. The average Bonchev–Trinajstić information content (AvgIpc) is 2.34. The van der Waals surface area contributed by atoms with Gasteiger partial charge in [-0.1, -0.05) is 11.6 Å². The van der Waals surface area contributed by atoms with Crippen molar-refractivity contribution in [2.75, 3.05) is 0 Å². The van der Waals surface area contributed by atoms with Crippen LogP contribution >= 0.6 is 11.6 Å². The quantitative estimate of drug-likeness (QED) is 0.659. The van der Waals surface area contributed by atoms with Gasteiger partial charge in [-0.15, -0.1) is 0 Å². The second-order valence-corrected chi connectivity index (χ2v) is 4.22. The molecule has 2 rings (SSSR count). The van der Waals surface area contributed by atoms with Gasteiger partial charge in [-0.25, -0.2) is 4.98 Å². The van der Waals surface area contributed by atoms with Gasteiger partial charge in [0.05, 0.1) is 0 Å². The molecule has 2 aromatic rings. The molecule has 0 aliphatic heterocycles. The number of hydrogen-bond donors (Lipinski definition) is 2. The highest BCUT2D eigenvalue weighted by Crippen LogP contribution is 2.25. The topological polar surface area (TPSA) is 72.0 Å². The van der Waals surface area contributed by atoms with Crippen LogP contribution in [0.4, 0.5) is 0 Å². The number of amidine groups is 1. The Balaban J connectivity index is 2.25. The van der Waals surface area contributed by atoms with Crippen LogP contribution in [0.2, 0.25) is 5.02 Å². The molecular weight excluding hydrogens is 250 g/mol. The summed E-state index contributed by atoms with van der Waals surface area (Å²) in [7, 11) is 0. The molecule has 1 aromatic carbocycles. The number of benzene rings is 1. The molecule has 4 nitrogen and oxygen atoms in total. The molecule has 18 heavy (non-hydrogen) atoms. The SMILES string of the molecule is Cc1cc(Oc2cc(C(=N)N)ccn2)ccc1Cl. The van der Waals surface area contributed by atoms with Crippen LogP contribution in [-0.4, -0.2) is 10.8 Å². The van der Waals surface area contributed by atoms with Crippen molar-refractivity contribution in [3.8, 4) is 11.6 Å². The Morgan fingerprint density at radius 1 is 1.33 bits per heavy atom. The molecule has 5 heteroatoms. The lowest BCUT2D eigenvalue weighted by Gasteiger charge is -2.07. The number of aromatic nitrogens is 1. The van der Waals surface area contributed by atoms with Crippen molar-refractivity contribution in [1.29, 1.82) is 5.41 Å². The van der Waals surface area contributed by atoms with Crippen LogP contribution in [0.3, 0.4) is 0 Å². The van der Waals surface area contributed by atoms with Gasteiger partial charge in [0.1, 0.15) is 11.6 Å². The monoisotopic (exact) mass is 261 g/mol. The van der Waals surface area contributed by atoms with Gasteiger partial charge in [-0.05, 0) is 36.8 Å². The standard InChI is InChI=1S/C13H12ClN3O/c1-8-6-10(2-3-11(8)14)18-12-7-9(13(15)16)4-5-17-12/h2-7H,1H3,(H3,15,16). The fourth-order valence-corrected chi connectivity index (χ4v) is 1.55. The molecule has 0 radical (unpaired) electrons. The normalized spacial score (nSPS) is 10.1. The third kappa shape index (κ3) is 2.78. The Morgan fingerprint density at radius 3 is 2.78 bits per heavy atom. The van der Waals surface area contributed by atoms with Crippen LogP contribution in [-0.2, 0) is 0 Å². The highest BCUT2D eigenvalue weighted by Gasteiger charge is 2.03. The molecular formula is C13H12ClN3O. The van der Waals surface area contributed by atoms with E-state index in [-0.39, 0.29) is 5.84 Å². The van der Waals surface area contributed by atoms with E-state index in [1.807, 2.05) is 13.0 Å². The van der Waals surface area contributed by atoms with E-state index in [0.717, 1.165) is 5.56 Å². The fourth-order valence-electron chi connectivity index (χ4n) is 1.43. The minimum absolute atomic E-state index is 0.0189. The summed E-state index contributed by atoms with van der Waals surface area (Å²) in [5.41, 5.74) is 6.90. The molecule has 3 N–H and O–H groups in total. The van der Waals surface area contributed by atoms with E-state index in [4.69, 9.17) is 27.5 Å². The lowest BCUT2D eigenvalue weighted by atomic mass is 10.2. The van der Waals surface area contributed by atoms with Gasteiger partial charge in [0, 0.05) is 22.8 Å². The van der Waals surface area contributed by atoms with Gasteiger partial charge >= 0.3 is 0 Å². The molecule has 0 amide bonds. The van der Waals surface area contributed by atoms with Crippen LogP contribution in [0.15, 0.2) is 36.5 Å². The van der Waals surface area contributed by atoms with Gasteiger partial charge in [-0.2, -0.15) is 0 Å². The number of nitrogens with zero attached hydrogens (tertiary/aromatic N) is 1. The van der Waals surface area contributed by atoms with Crippen LogP contribution in [0.25, 0.3) is 0 Å². The zero-order chi connectivity index (χ0) is 13.1. The number of nitrogen functional groups attached to an aromatic ring is 1. The second-order valence-electron chi connectivity index (χ2n) is 3.81. The Bertz CT molecular complexity index is 599. The summed E-state index contributed by atoms with van der Waals surface area (Å²) in [6, 6.07) is 8.62. The molecule has 0 aliphatic carbocycles. The van der Waals surface area contributed by atoms with E-state index >= 15 is 0 Å². The summed E-state index contributed by atoms with van der Waals surface area (Å²) < 4.78 is 5.58. The predicted octanol–water partition coefficient (Wildman–Crippen LogP) is 3.12. The van der Waals surface area contributed by atoms with Gasteiger partial charge < -0.3 is 10.5 Å². The molecule has 0 spiro atoms. The number of ether oxygens (including phenoxy) is 1. The molecule has 0 aliphatic rings. The van der Waals surface area contributed by atoms with Crippen molar-refractivity contribution in [2.24, 2.45) is 5.73 Å². The van der Waals surface area contributed by atoms with Crippen molar-refractivity contribution in [3.63, 3.8) is 0 Å². The van der Waals surface area contributed by atoms with Crippen LogP contribution in [0.1, 0.15) is 11.1 Å². The first-order valence-corrected chi connectivity index (χ1v) is 5.68. The smallest absolute Gasteiger partial charge is 0.219 e. The van der Waals surface area contributed by atoms with E-state index in [1.165, 1.54) is 0 Å². The second kappa shape index (κ2) is 5.06. The maximum Gasteiger partial charge on any atom is 0.219 e. The average molecular weight is 262 g/mol. The van der Waals surface area contributed by atoms with Gasteiger partial charge in [0.2, 0.25) is 5.88 Å². The largest absolute Gasteiger partial charge is 0.439 e. The molecule has 0 unspecified atom stereocenters. The van der Waals surface area contributed by atoms with Crippen molar-refractivity contribution in [2.45, 2.75) is 6.92 Å². The molecule has 1 heterocycles. The third-order valence-electron chi connectivity index (χ3n) is 2.40. The number of nitrogens with two attached hydrogens (primary N) is 1. The molecule has 0 atom stereocenters. The number of halogens is 1. The molecule has 0 saturated carbocycles.